The van der Waals surface area contributed by atoms with Crippen LogP contribution >= 0.6 is 34.7 Å². The molecule has 0 bridgehead atoms. The number of thioether (sulfide) groups is 1. The molecule has 31 heavy (non-hydrogen) atoms. The molecular weight excluding hydrogens is 450 g/mol. The van der Waals surface area contributed by atoms with Gasteiger partial charge in [-0.3, -0.25) is 14.2 Å². The van der Waals surface area contributed by atoms with Crippen LogP contribution in [0.4, 0.5) is 5.69 Å². The number of aromatic nitrogens is 2. The number of hydrogen-bond acceptors (Lipinski definition) is 5. The summed E-state index contributed by atoms with van der Waals surface area (Å²) in [5.41, 5.74) is 2.20. The minimum atomic E-state index is -0.176. The molecule has 2 heterocycles. The summed E-state index contributed by atoms with van der Waals surface area (Å²) >= 11 is 8.75. The van der Waals surface area contributed by atoms with Crippen molar-refractivity contribution in [1.29, 1.82) is 0 Å². The molecule has 1 N–H and O–H groups in total. The second-order valence-electron chi connectivity index (χ2n) is 6.95. The van der Waals surface area contributed by atoms with Crippen LogP contribution in [0.5, 0.6) is 0 Å². The molecule has 1 amide bonds. The van der Waals surface area contributed by atoms with Gasteiger partial charge in [-0.15, -0.1) is 11.3 Å². The van der Waals surface area contributed by atoms with Crippen molar-refractivity contribution in [2.45, 2.75) is 25.4 Å². The third-order valence-electron chi connectivity index (χ3n) is 4.74. The number of nitrogens with zero attached hydrogens (tertiary/aromatic N) is 2. The third-order valence-corrected chi connectivity index (χ3v) is 7.09. The standard InChI is InChI=1S/C23H20ClN3O2S2/c1-3-17-12-18-21(31-17)26-23(27(22(18)29)16-7-5-4-6-8-16)30-13-20(28)25-19-10-9-15(24)11-14(19)2/h4-12H,3,13H2,1-2H3,(H,25,28). The highest BCUT2D eigenvalue weighted by molar-refractivity contribution is 7.99. The second kappa shape index (κ2) is 9.26. The number of amides is 1. The summed E-state index contributed by atoms with van der Waals surface area (Å²) in [6, 6.07) is 16.6. The van der Waals surface area contributed by atoms with Crippen LogP contribution < -0.4 is 10.9 Å². The first-order chi connectivity index (χ1) is 15.0. The Labute approximate surface area is 193 Å². The maximum atomic E-state index is 13.3. The fourth-order valence-electron chi connectivity index (χ4n) is 3.17. The number of hydrogen-bond donors (Lipinski definition) is 1. The van der Waals surface area contributed by atoms with Crippen LogP contribution in [-0.4, -0.2) is 21.2 Å². The molecule has 158 valence electrons. The van der Waals surface area contributed by atoms with Gasteiger partial charge in [-0.25, -0.2) is 4.98 Å². The van der Waals surface area contributed by atoms with Crippen LogP contribution in [0.1, 0.15) is 17.4 Å². The molecule has 8 heteroatoms. The van der Waals surface area contributed by atoms with Crippen LogP contribution in [0.25, 0.3) is 15.9 Å². The monoisotopic (exact) mass is 469 g/mol. The number of para-hydroxylation sites is 1. The predicted molar refractivity (Wildman–Crippen MR) is 130 cm³/mol. The summed E-state index contributed by atoms with van der Waals surface area (Å²) in [6.07, 6.45) is 0.844. The summed E-state index contributed by atoms with van der Waals surface area (Å²) in [6.45, 7) is 3.94. The van der Waals surface area contributed by atoms with Gasteiger partial charge in [0.05, 0.1) is 16.8 Å². The molecule has 0 spiro atoms. The normalized spacial score (nSPS) is 11.1. The van der Waals surface area contributed by atoms with E-state index in [4.69, 9.17) is 16.6 Å². The first kappa shape index (κ1) is 21.6. The number of carbonyl (C=O) groups excluding carboxylic acids is 1. The molecule has 0 atom stereocenters. The van der Waals surface area contributed by atoms with Gasteiger partial charge in [-0.05, 0) is 55.3 Å². The quantitative estimate of drug-likeness (QED) is 0.290. The summed E-state index contributed by atoms with van der Waals surface area (Å²) in [5.74, 6) is -0.0522. The minimum Gasteiger partial charge on any atom is -0.325 e. The lowest BCUT2D eigenvalue weighted by Crippen LogP contribution is -2.22. The Bertz CT molecular complexity index is 1320. The Kier molecular flexibility index (Phi) is 6.46. The Morgan fingerprint density at radius 1 is 1.19 bits per heavy atom. The van der Waals surface area contributed by atoms with Crippen LogP contribution in [0.15, 0.2) is 64.5 Å². The minimum absolute atomic E-state index is 0.122. The van der Waals surface area contributed by atoms with E-state index in [0.29, 0.717) is 26.1 Å². The van der Waals surface area contributed by atoms with E-state index < -0.39 is 0 Å². The molecular formula is C23H20ClN3O2S2. The highest BCUT2D eigenvalue weighted by Crippen LogP contribution is 2.27. The molecule has 0 aliphatic carbocycles. The van der Waals surface area contributed by atoms with Crippen molar-refractivity contribution in [3.05, 3.63) is 80.4 Å². The summed E-state index contributed by atoms with van der Waals surface area (Å²) in [5, 5.41) is 4.63. The van der Waals surface area contributed by atoms with Gasteiger partial charge in [0, 0.05) is 15.6 Å². The van der Waals surface area contributed by atoms with Crippen LogP contribution in [0.2, 0.25) is 5.02 Å². The lowest BCUT2D eigenvalue weighted by Gasteiger charge is -2.12. The summed E-state index contributed by atoms with van der Waals surface area (Å²) < 4.78 is 1.58. The van der Waals surface area contributed by atoms with Crippen molar-refractivity contribution >= 4 is 56.5 Å². The number of fused-ring (bicyclic) bond motifs is 1. The van der Waals surface area contributed by atoms with Crippen LogP contribution in [0, 0.1) is 6.92 Å². The molecule has 0 radical (unpaired) electrons. The van der Waals surface area contributed by atoms with E-state index in [2.05, 4.69) is 12.2 Å². The van der Waals surface area contributed by atoms with Crippen molar-refractivity contribution in [3.8, 4) is 5.69 Å². The number of halogens is 1. The average molecular weight is 470 g/mol. The Morgan fingerprint density at radius 3 is 2.68 bits per heavy atom. The zero-order valence-electron chi connectivity index (χ0n) is 17.0. The van der Waals surface area contributed by atoms with Gasteiger partial charge in [-0.2, -0.15) is 0 Å². The second-order valence-corrected chi connectivity index (χ2v) is 9.45. The summed E-state index contributed by atoms with van der Waals surface area (Å²) in [4.78, 5) is 32.4. The fraction of sp³-hybridized carbons (Fsp3) is 0.174. The van der Waals surface area contributed by atoms with Gasteiger partial charge in [0.1, 0.15) is 4.83 Å². The summed E-state index contributed by atoms with van der Waals surface area (Å²) in [7, 11) is 0. The Hall–Kier alpha value is -2.61. The van der Waals surface area contributed by atoms with Gasteiger partial charge in [0.2, 0.25) is 5.91 Å². The van der Waals surface area contributed by atoms with E-state index in [0.717, 1.165) is 22.5 Å². The van der Waals surface area contributed by atoms with Crippen molar-refractivity contribution in [2.24, 2.45) is 0 Å². The Balaban J connectivity index is 1.66. The smallest absolute Gasteiger partial charge is 0.267 e. The number of rotatable bonds is 6. The van der Waals surface area contributed by atoms with E-state index in [9.17, 15) is 9.59 Å². The molecule has 5 nitrogen and oxygen atoms in total. The molecule has 0 fully saturated rings. The third kappa shape index (κ3) is 4.69. The van der Waals surface area contributed by atoms with Crippen LogP contribution in [0.3, 0.4) is 0 Å². The molecule has 2 aromatic carbocycles. The van der Waals surface area contributed by atoms with Gasteiger partial charge in [-0.1, -0.05) is 48.5 Å². The molecule has 0 aliphatic rings. The van der Waals surface area contributed by atoms with E-state index in [1.807, 2.05) is 43.3 Å². The lowest BCUT2D eigenvalue weighted by molar-refractivity contribution is -0.113. The van der Waals surface area contributed by atoms with Crippen LogP contribution in [-0.2, 0) is 11.2 Å². The molecule has 4 rings (SSSR count). The van der Waals surface area contributed by atoms with Gasteiger partial charge in [0.25, 0.3) is 5.56 Å². The largest absolute Gasteiger partial charge is 0.325 e. The first-order valence-electron chi connectivity index (χ1n) is 9.76. The van der Waals surface area contributed by atoms with Crippen molar-refractivity contribution in [1.82, 2.24) is 9.55 Å². The highest BCUT2D eigenvalue weighted by atomic mass is 35.5. The molecule has 0 saturated carbocycles. The maximum absolute atomic E-state index is 13.3. The number of anilines is 1. The zero-order valence-corrected chi connectivity index (χ0v) is 19.4. The predicted octanol–water partition coefficient (Wildman–Crippen LogP) is 5.70. The molecule has 2 aromatic heterocycles. The average Bonchev–Trinajstić information content (AvgIpc) is 3.19. The highest BCUT2D eigenvalue weighted by Gasteiger charge is 2.17. The molecule has 0 aliphatic heterocycles. The number of carbonyl (C=O) groups is 1. The van der Waals surface area contributed by atoms with Gasteiger partial charge >= 0.3 is 0 Å². The first-order valence-corrected chi connectivity index (χ1v) is 11.9. The SMILES string of the molecule is CCc1cc2c(=O)n(-c3ccccc3)c(SCC(=O)Nc3ccc(Cl)cc3C)nc2s1. The lowest BCUT2D eigenvalue weighted by atomic mass is 10.2. The Morgan fingerprint density at radius 2 is 1.97 bits per heavy atom. The number of nitrogens with one attached hydrogen (secondary N) is 1. The molecule has 0 saturated heterocycles. The topological polar surface area (TPSA) is 64.0 Å². The maximum Gasteiger partial charge on any atom is 0.267 e. The van der Waals surface area contributed by atoms with E-state index in [1.165, 1.54) is 23.1 Å². The zero-order chi connectivity index (χ0) is 22.0. The van der Waals surface area contributed by atoms with Crippen molar-refractivity contribution in [2.75, 3.05) is 11.1 Å². The fourth-order valence-corrected chi connectivity index (χ4v) is 5.22. The van der Waals surface area contributed by atoms with Gasteiger partial charge in [0.15, 0.2) is 5.16 Å². The molecule has 0 unspecified atom stereocenters. The van der Waals surface area contributed by atoms with Crippen molar-refractivity contribution in [3.63, 3.8) is 0 Å². The van der Waals surface area contributed by atoms with Gasteiger partial charge < -0.3 is 5.32 Å². The number of benzene rings is 2. The number of aryl methyl sites for hydroxylation is 2. The number of thiophene rings is 1. The van der Waals surface area contributed by atoms with E-state index in [1.54, 1.807) is 22.8 Å². The van der Waals surface area contributed by atoms with E-state index in [-0.39, 0.29) is 17.2 Å². The molecule has 4 aromatic rings. The van der Waals surface area contributed by atoms with Crippen molar-refractivity contribution < 1.29 is 4.79 Å². The van der Waals surface area contributed by atoms with E-state index >= 15 is 0 Å².